The van der Waals surface area contributed by atoms with Crippen LogP contribution in [-0.2, 0) is 4.79 Å². The number of alkyl halides is 1. The van der Waals surface area contributed by atoms with Crippen molar-refractivity contribution in [2.75, 3.05) is 30.3 Å². The molecule has 172 valence electrons. The minimum atomic E-state index is -0.949. The number of hydrogen-bond donors (Lipinski definition) is 4. The van der Waals surface area contributed by atoms with Gasteiger partial charge in [-0.25, -0.2) is 9.37 Å². The van der Waals surface area contributed by atoms with Crippen LogP contribution in [0.1, 0.15) is 43.7 Å². The van der Waals surface area contributed by atoms with Crippen LogP contribution >= 0.6 is 0 Å². The van der Waals surface area contributed by atoms with Crippen LogP contribution in [0, 0.1) is 23.2 Å². The van der Waals surface area contributed by atoms with Gasteiger partial charge in [-0.1, -0.05) is 18.8 Å². The van der Waals surface area contributed by atoms with Gasteiger partial charge in [0.05, 0.1) is 29.4 Å². The van der Waals surface area contributed by atoms with Crippen LogP contribution < -0.4 is 21.3 Å². The first-order valence-corrected chi connectivity index (χ1v) is 11.1. The lowest BCUT2D eigenvalue weighted by Gasteiger charge is -2.10. The number of aromatic nitrogens is 2. The van der Waals surface area contributed by atoms with E-state index < -0.39 is 12.2 Å². The quantitative estimate of drug-likeness (QED) is 0.344. The lowest BCUT2D eigenvalue weighted by Crippen LogP contribution is -2.40. The lowest BCUT2D eigenvalue weighted by molar-refractivity contribution is -0.122. The third-order valence-electron chi connectivity index (χ3n) is 5.00. The zero-order valence-corrected chi connectivity index (χ0v) is 18.6. The predicted molar refractivity (Wildman–Crippen MR) is 126 cm³/mol. The Labute approximate surface area is 193 Å². The van der Waals surface area contributed by atoms with E-state index >= 15 is 0 Å². The summed E-state index contributed by atoms with van der Waals surface area (Å²) in [7, 11) is 0. The standard InChI is InChI=1S/C24H28FN7O/c1-2-11-27-22-18(6-4-3-5-12-28-23(33)21-13-19(25)16-29-21)15-30-24(32-22)31-20-9-7-17(14-26)8-10-20/h7-10,15,19,21,29H,2-3,5,11-13,16H2,1H3,(H,28,33)(H2,27,30,31,32)/t19-,21-/m0/s1. The number of carbonyl (C=O) groups is 1. The van der Waals surface area contributed by atoms with E-state index in [1.165, 1.54) is 0 Å². The van der Waals surface area contributed by atoms with Gasteiger partial charge in [0, 0.05) is 38.2 Å². The molecular weight excluding hydrogens is 421 g/mol. The molecular formula is C24H28FN7O. The van der Waals surface area contributed by atoms with Crippen LogP contribution in [0.2, 0.25) is 0 Å². The van der Waals surface area contributed by atoms with Gasteiger partial charge in [-0.3, -0.25) is 4.79 Å². The Hall–Kier alpha value is -3.69. The minimum Gasteiger partial charge on any atom is -0.369 e. The van der Waals surface area contributed by atoms with Gasteiger partial charge < -0.3 is 21.3 Å². The normalized spacial score (nSPS) is 16.9. The molecule has 3 rings (SSSR count). The van der Waals surface area contributed by atoms with Gasteiger partial charge in [0.2, 0.25) is 11.9 Å². The first kappa shape index (κ1) is 24.0. The average Bonchev–Trinajstić information content (AvgIpc) is 3.27. The number of nitrogens with zero attached hydrogens (tertiary/aromatic N) is 3. The lowest BCUT2D eigenvalue weighted by atomic mass is 10.2. The number of nitrogens with one attached hydrogen (secondary N) is 4. The number of nitriles is 1. The Morgan fingerprint density at radius 2 is 2.12 bits per heavy atom. The molecule has 0 saturated carbocycles. The van der Waals surface area contributed by atoms with Gasteiger partial charge in [0.25, 0.3) is 0 Å². The topological polar surface area (TPSA) is 115 Å². The highest BCUT2D eigenvalue weighted by molar-refractivity contribution is 5.82. The number of unbranched alkanes of at least 4 members (excludes halogenated alkanes) is 1. The third-order valence-corrected chi connectivity index (χ3v) is 5.00. The highest BCUT2D eigenvalue weighted by Crippen LogP contribution is 2.18. The molecule has 9 heteroatoms. The number of hydrogen-bond acceptors (Lipinski definition) is 7. The molecule has 0 aliphatic carbocycles. The summed E-state index contributed by atoms with van der Waals surface area (Å²) in [5.74, 6) is 7.13. The molecule has 8 nitrogen and oxygen atoms in total. The molecule has 33 heavy (non-hydrogen) atoms. The molecule has 2 heterocycles. The van der Waals surface area contributed by atoms with Crippen molar-refractivity contribution in [1.82, 2.24) is 20.6 Å². The Morgan fingerprint density at radius 1 is 1.30 bits per heavy atom. The second kappa shape index (κ2) is 12.4. The second-order valence-corrected chi connectivity index (χ2v) is 7.69. The average molecular weight is 450 g/mol. The van der Waals surface area contributed by atoms with Crippen molar-refractivity contribution < 1.29 is 9.18 Å². The maximum atomic E-state index is 13.2. The Morgan fingerprint density at radius 3 is 2.82 bits per heavy atom. The van der Waals surface area contributed by atoms with Gasteiger partial charge in [-0.05, 0) is 37.1 Å². The Bertz CT molecular complexity index is 1040. The van der Waals surface area contributed by atoms with Crippen molar-refractivity contribution in [2.24, 2.45) is 0 Å². The predicted octanol–water partition coefficient (Wildman–Crippen LogP) is 2.86. The van der Waals surface area contributed by atoms with E-state index in [1.54, 1.807) is 30.5 Å². The number of carbonyl (C=O) groups excluding carboxylic acids is 1. The van der Waals surface area contributed by atoms with E-state index in [2.05, 4.69) is 56.1 Å². The highest BCUT2D eigenvalue weighted by Gasteiger charge is 2.28. The summed E-state index contributed by atoms with van der Waals surface area (Å²) in [5.41, 5.74) is 2.06. The summed E-state index contributed by atoms with van der Waals surface area (Å²) in [5, 5.41) is 21.0. The van der Waals surface area contributed by atoms with Crippen LogP contribution in [0.5, 0.6) is 0 Å². The minimum absolute atomic E-state index is 0.159. The third kappa shape index (κ3) is 7.44. The molecule has 1 amide bonds. The number of anilines is 3. The fraction of sp³-hybridized carbons (Fsp3) is 0.417. The summed E-state index contributed by atoms with van der Waals surface area (Å²) >= 11 is 0. The molecule has 0 bridgehead atoms. The largest absolute Gasteiger partial charge is 0.369 e. The van der Waals surface area contributed by atoms with Crippen LogP contribution in [0.15, 0.2) is 30.5 Å². The maximum absolute atomic E-state index is 13.2. The number of halogens is 1. The van der Waals surface area contributed by atoms with Crippen molar-refractivity contribution >= 4 is 23.4 Å². The highest BCUT2D eigenvalue weighted by atomic mass is 19.1. The number of amides is 1. The van der Waals surface area contributed by atoms with Gasteiger partial charge in [0.1, 0.15) is 12.0 Å². The van der Waals surface area contributed by atoms with E-state index in [-0.39, 0.29) is 18.9 Å². The Kier molecular flexibility index (Phi) is 8.98. The molecule has 0 unspecified atom stereocenters. The van der Waals surface area contributed by atoms with Crippen molar-refractivity contribution in [1.29, 1.82) is 5.26 Å². The molecule has 0 radical (unpaired) electrons. The molecule has 2 atom stereocenters. The van der Waals surface area contributed by atoms with E-state index in [0.29, 0.717) is 42.3 Å². The zero-order valence-electron chi connectivity index (χ0n) is 18.6. The van der Waals surface area contributed by atoms with Gasteiger partial charge in [-0.15, -0.1) is 0 Å². The van der Waals surface area contributed by atoms with E-state index in [4.69, 9.17) is 5.26 Å². The van der Waals surface area contributed by atoms with Crippen molar-refractivity contribution in [3.63, 3.8) is 0 Å². The first-order chi connectivity index (χ1) is 16.1. The molecule has 1 aromatic carbocycles. The van der Waals surface area contributed by atoms with Crippen molar-refractivity contribution in [2.45, 2.75) is 44.8 Å². The summed E-state index contributed by atoms with van der Waals surface area (Å²) in [6, 6.07) is 8.70. The summed E-state index contributed by atoms with van der Waals surface area (Å²) in [6.45, 7) is 3.55. The van der Waals surface area contributed by atoms with Crippen LogP contribution in [0.3, 0.4) is 0 Å². The first-order valence-electron chi connectivity index (χ1n) is 11.1. The maximum Gasteiger partial charge on any atom is 0.237 e. The number of benzene rings is 1. The smallest absolute Gasteiger partial charge is 0.237 e. The van der Waals surface area contributed by atoms with Crippen LogP contribution in [0.4, 0.5) is 21.8 Å². The zero-order chi connectivity index (χ0) is 23.5. The van der Waals surface area contributed by atoms with Crippen LogP contribution in [0.25, 0.3) is 0 Å². The van der Waals surface area contributed by atoms with Crippen LogP contribution in [-0.4, -0.2) is 47.7 Å². The van der Waals surface area contributed by atoms with Crippen molar-refractivity contribution in [3.8, 4) is 17.9 Å². The van der Waals surface area contributed by atoms with Gasteiger partial charge in [0.15, 0.2) is 0 Å². The second-order valence-electron chi connectivity index (χ2n) is 7.69. The molecule has 0 spiro atoms. The molecule has 1 aliphatic heterocycles. The number of rotatable bonds is 9. The molecule has 1 aromatic heterocycles. The van der Waals surface area contributed by atoms with E-state index in [0.717, 1.165) is 18.7 Å². The monoisotopic (exact) mass is 449 g/mol. The fourth-order valence-corrected chi connectivity index (χ4v) is 3.23. The molecule has 1 fully saturated rings. The summed E-state index contributed by atoms with van der Waals surface area (Å²) in [4.78, 5) is 20.9. The molecule has 1 saturated heterocycles. The van der Waals surface area contributed by atoms with E-state index in [9.17, 15) is 9.18 Å². The summed E-state index contributed by atoms with van der Waals surface area (Å²) in [6.07, 6.45) is 3.19. The van der Waals surface area contributed by atoms with E-state index in [1.807, 2.05) is 0 Å². The summed E-state index contributed by atoms with van der Waals surface area (Å²) < 4.78 is 13.2. The van der Waals surface area contributed by atoms with Crippen molar-refractivity contribution in [3.05, 3.63) is 41.6 Å². The molecule has 2 aromatic rings. The molecule has 1 aliphatic rings. The molecule has 4 N–H and O–H groups in total. The van der Waals surface area contributed by atoms with Gasteiger partial charge >= 0.3 is 0 Å². The Balaban J connectivity index is 1.54. The fourth-order valence-electron chi connectivity index (χ4n) is 3.23. The van der Waals surface area contributed by atoms with Gasteiger partial charge in [-0.2, -0.15) is 10.2 Å². The SMILES string of the molecule is CCCNc1nc(Nc2ccc(C#N)cc2)ncc1C#CCCCNC(=O)[C@@H]1C[C@H](F)CN1.